The van der Waals surface area contributed by atoms with Gasteiger partial charge in [-0.25, -0.2) is 4.79 Å². The molecule has 0 bridgehead atoms. The summed E-state index contributed by atoms with van der Waals surface area (Å²) in [7, 11) is -0.159. The number of methoxy groups -OCH3 is 1. The van der Waals surface area contributed by atoms with Crippen molar-refractivity contribution in [2.24, 2.45) is 5.92 Å². The van der Waals surface area contributed by atoms with E-state index in [1.54, 1.807) is 13.8 Å². The maximum atomic E-state index is 12.4. The van der Waals surface area contributed by atoms with E-state index in [0.29, 0.717) is 0 Å². The van der Waals surface area contributed by atoms with Crippen LogP contribution in [0.25, 0.3) is 0 Å². The van der Waals surface area contributed by atoms with Crippen LogP contribution in [0.1, 0.15) is 20.8 Å². The van der Waals surface area contributed by atoms with Gasteiger partial charge in [0.1, 0.15) is 11.4 Å². The minimum Gasteiger partial charge on any atom is -0.467 e. The molecule has 1 amide bonds. The molecule has 7 heteroatoms. The molecule has 2 heterocycles. The van der Waals surface area contributed by atoms with Crippen molar-refractivity contribution in [1.29, 1.82) is 0 Å². The first-order valence-electron chi connectivity index (χ1n) is 5.74. The van der Waals surface area contributed by atoms with E-state index in [4.69, 9.17) is 0 Å². The van der Waals surface area contributed by atoms with Crippen molar-refractivity contribution in [2.45, 2.75) is 43.0 Å². The number of carbonyl (C=O) groups is 2. The summed E-state index contributed by atoms with van der Waals surface area (Å²) in [6.45, 7) is 4.85. The van der Waals surface area contributed by atoms with Crippen LogP contribution in [0, 0.1) is 5.92 Å². The maximum Gasteiger partial charge on any atom is 0.330 e. The Morgan fingerprint density at radius 1 is 1.56 bits per heavy atom. The van der Waals surface area contributed by atoms with Crippen LogP contribution in [-0.2, 0) is 25.1 Å². The molecule has 0 aromatic heterocycles. The summed E-state index contributed by atoms with van der Waals surface area (Å²) in [6, 6.07) is -0.837. The van der Waals surface area contributed by atoms with Gasteiger partial charge in [-0.05, 0) is 20.8 Å². The smallest absolute Gasteiger partial charge is 0.330 e. The van der Waals surface area contributed by atoms with Crippen LogP contribution in [-0.4, -0.2) is 55.5 Å². The average molecular weight is 275 g/mol. The van der Waals surface area contributed by atoms with Crippen molar-refractivity contribution in [1.82, 2.24) is 4.90 Å². The van der Waals surface area contributed by atoms with Gasteiger partial charge in [0.25, 0.3) is 0 Å². The van der Waals surface area contributed by atoms with Gasteiger partial charge in [-0.3, -0.25) is 9.00 Å². The third-order valence-corrected chi connectivity index (χ3v) is 5.96. The first kappa shape index (κ1) is 13.5. The molecule has 5 atom stereocenters. The highest BCUT2D eigenvalue weighted by molar-refractivity contribution is 7.87. The summed E-state index contributed by atoms with van der Waals surface area (Å²) in [6.07, 6.45) is -0.866. The second kappa shape index (κ2) is 4.03. The van der Waals surface area contributed by atoms with Gasteiger partial charge in [-0.15, -0.1) is 0 Å². The van der Waals surface area contributed by atoms with Gasteiger partial charge in [0.15, 0.2) is 0 Å². The van der Waals surface area contributed by atoms with Gasteiger partial charge in [0.2, 0.25) is 5.91 Å². The van der Waals surface area contributed by atoms with Crippen LogP contribution in [0.5, 0.6) is 0 Å². The summed E-state index contributed by atoms with van der Waals surface area (Å²) < 4.78 is 16.2. The SMILES string of the molecule is COC(=O)[C@@H]1N2C(=O)[C@H]([C@@H](C)O)[C@H]2[S@@](=O)C1(C)C. The van der Waals surface area contributed by atoms with E-state index in [2.05, 4.69) is 4.74 Å². The van der Waals surface area contributed by atoms with Crippen molar-refractivity contribution in [2.75, 3.05) is 7.11 Å². The lowest BCUT2D eigenvalue weighted by Gasteiger charge is -2.44. The second-order valence-electron chi connectivity index (χ2n) is 5.23. The maximum absolute atomic E-state index is 12.4. The van der Waals surface area contributed by atoms with E-state index in [1.165, 1.54) is 18.9 Å². The highest BCUT2D eigenvalue weighted by atomic mass is 32.2. The summed E-state index contributed by atoms with van der Waals surface area (Å²) >= 11 is 0. The number of amides is 1. The summed E-state index contributed by atoms with van der Waals surface area (Å²) in [5.41, 5.74) is 0. The molecule has 2 aliphatic rings. The van der Waals surface area contributed by atoms with Gasteiger partial charge < -0.3 is 14.7 Å². The molecular formula is C11H17NO5S. The Hall–Kier alpha value is -0.950. The van der Waals surface area contributed by atoms with E-state index in [0.717, 1.165) is 0 Å². The summed E-state index contributed by atoms with van der Waals surface area (Å²) in [5.74, 6) is -1.57. The van der Waals surface area contributed by atoms with Crippen molar-refractivity contribution in [3.8, 4) is 0 Å². The molecule has 1 N–H and O–H groups in total. The Morgan fingerprint density at radius 3 is 2.56 bits per heavy atom. The number of ether oxygens (including phenoxy) is 1. The quantitative estimate of drug-likeness (QED) is 0.529. The summed E-state index contributed by atoms with van der Waals surface area (Å²) in [5, 5.41) is 8.98. The zero-order valence-electron chi connectivity index (χ0n) is 10.7. The number of β-lactam (4-membered cyclic amide) rings is 1. The fraction of sp³-hybridized carbons (Fsp3) is 0.818. The number of aliphatic hydroxyl groups is 1. The Morgan fingerprint density at radius 2 is 2.11 bits per heavy atom. The van der Waals surface area contributed by atoms with Crippen molar-refractivity contribution in [3.63, 3.8) is 0 Å². The molecule has 0 saturated carbocycles. The number of carbonyl (C=O) groups excluding carboxylic acids is 2. The van der Waals surface area contributed by atoms with Gasteiger partial charge in [0, 0.05) is 0 Å². The minimum atomic E-state index is -1.40. The van der Waals surface area contributed by atoms with Crippen LogP contribution >= 0.6 is 0 Å². The highest BCUT2D eigenvalue weighted by Gasteiger charge is 2.68. The van der Waals surface area contributed by atoms with Crippen LogP contribution < -0.4 is 0 Å². The molecule has 18 heavy (non-hydrogen) atoms. The van der Waals surface area contributed by atoms with E-state index in [-0.39, 0.29) is 5.91 Å². The van der Waals surface area contributed by atoms with E-state index in [9.17, 15) is 18.9 Å². The van der Waals surface area contributed by atoms with Crippen molar-refractivity contribution < 1.29 is 23.6 Å². The first-order chi connectivity index (χ1) is 8.25. The van der Waals surface area contributed by atoms with Gasteiger partial charge in [0.05, 0.1) is 34.7 Å². The topological polar surface area (TPSA) is 83.9 Å². The molecule has 2 fully saturated rings. The molecule has 0 unspecified atom stereocenters. The number of aliphatic hydroxyl groups excluding tert-OH is 1. The number of nitrogens with zero attached hydrogens (tertiary/aromatic N) is 1. The van der Waals surface area contributed by atoms with Gasteiger partial charge >= 0.3 is 5.97 Å². The van der Waals surface area contributed by atoms with Crippen LogP contribution in [0.15, 0.2) is 0 Å². The molecule has 0 radical (unpaired) electrons. The molecule has 0 aliphatic carbocycles. The zero-order chi connectivity index (χ0) is 13.8. The Bertz CT molecular complexity index is 433. The predicted molar refractivity (Wildman–Crippen MR) is 63.8 cm³/mol. The number of hydrogen-bond donors (Lipinski definition) is 1. The Labute approximate surface area is 108 Å². The molecular weight excluding hydrogens is 258 g/mol. The predicted octanol–water partition coefficient (Wildman–Crippen LogP) is -0.766. The monoisotopic (exact) mass is 275 g/mol. The van der Waals surface area contributed by atoms with E-state index >= 15 is 0 Å². The van der Waals surface area contributed by atoms with Gasteiger partial charge in [-0.1, -0.05) is 0 Å². The largest absolute Gasteiger partial charge is 0.467 e. The second-order valence-corrected chi connectivity index (χ2v) is 7.36. The lowest BCUT2D eigenvalue weighted by Crippen LogP contribution is -2.65. The van der Waals surface area contributed by atoms with Crippen molar-refractivity contribution >= 4 is 22.7 Å². The standard InChI is InChI=1S/C11H17NO5S/c1-5(13)6-8(14)12-7(10(15)17-4)11(2,3)18(16)9(6)12/h5-7,9,13H,1-4H3/t5-,6+,7+,9-,18-/m1/s1. The average Bonchev–Trinajstić information content (AvgIpc) is 2.45. The summed E-state index contributed by atoms with van der Waals surface area (Å²) in [4.78, 5) is 25.1. The molecule has 6 nitrogen and oxygen atoms in total. The van der Waals surface area contributed by atoms with Crippen LogP contribution in [0.2, 0.25) is 0 Å². The third-order valence-electron chi connectivity index (χ3n) is 3.74. The van der Waals surface area contributed by atoms with Crippen molar-refractivity contribution in [3.05, 3.63) is 0 Å². The van der Waals surface area contributed by atoms with E-state index < -0.39 is 45.0 Å². The molecule has 2 rings (SSSR count). The zero-order valence-corrected chi connectivity index (χ0v) is 11.6. The normalized spacial score (nSPS) is 38.9. The Balaban J connectivity index is 2.40. The highest BCUT2D eigenvalue weighted by Crippen LogP contribution is 2.47. The molecule has 0 aromatic rings. The number of esters is 1. The fourth-order valence-electron chi connectivity index (χ4n) is 2.73. The minimum absolute atomic E-state index is 0.329. The third kappa shape index (κ3) is 1.46. The number of fused-ring (bicyclic) bond motifs is 1. The fourth-order valence-corrected chi connectivity index (χ4v) is 4.82. The number of rotatable bonds is 2. The first-order valence-corrected chi connectivity index (χ1v) is 6.95. The molecule has 102 valence electrons. The Kier molecular flexibility index (Phi) is 3.02. The lowest BCUT2D eigenvalue weighted by molar-refractivity contribution is -0.169. The van der Waals surface area contributed by atoms with Crippen LogP contribution in [0.4, 0.5) is 0 Å². The van der Waals surface area contributed by atoms with E-state index in [1.807, 2.05) is 0 Å². The molecule has 0 spiro atoms. The van der Waals surface area contributed by atoms with Gasteiger partial charge in [-0.2, -0.15) is 0 Å². The lowest BCUT2D eigenvalue weighted by atomic mass is 9.88. The molecule has 2 aliphatic heterocycles. The molecule has 2 saturated heterocycles. The van der Waals surface area contributed by atoms with Crippen LogP contribution in [0.3, 0.4) is 0 Å². The number of hydrogen-bond acceptors (Lipinski definition) is 5. The molecule has 0 aromatic carbocycles.